The van der Waals surface area contributed by atoms with E-state index in [4.69, 9.17) is 0 Å². The predicted octanol–water partition coefficient (Wildman–Crippen LogP) is 4.33. The summed E-state index contributed by atoms with van der Waals surface area (Å²) < 4.78 is 0. The molecular formula is C18H27N. The Balaban J connectivity index is 1.77. The molecule has 0 saturated heterocycles. The molecular weight excluding hydrogens is 230 g/mol. The van der Waals surface area contributed by atoms with E-state index in [9.17, 15) is 0 Å². The van der Waals surface area contributed by atoms with E-state index in [1.807, 2.05) is 0 Å². The maximum Gasteiger partial charge on any atom is 0.0233 e. The summed E-state index contributed by atoms with van der Waals surface area (Å²) in [7, 11) is 2.32. The van der Waals surface area contributed by atoms with Crippen LogP contribution in [0.5, 0.6) is 0 Å². The number of fused-ring (bicyclic) bond motifs is 2. The number of nitrogens with zero attached hydrogens (tertiary/aromatic N) is 1. The largest absolute Gasteiger partial charge is 0.299 e. The summed E-state index contributed by atoms with van der Waals surface area (Å²) in [6.07, 6.45) is 4.25. The van der Waals surface area contributed by atoms with E-state index in [-0.39, 0.29) is 0 Å². The Morgan fingerprint density at radius 1 is 1.16 bits per heavy atom. The summed E-state index contributed by atoms with van der Waals surface area (Å²) in [5.74, 6) is 0.931. The average molecular weight is 257 g/mol. The molecule has 3 atom stereocenters. The second-order valence-corrected chi connectivity index (χ2v) is 7.53. The Labute approximate surface area is 118 Å². The van der Waals surface area contributed by atoms with Crippen molar-refractivity contribution in [3.05, 3.63) is 35.9 Å². The van der Waals surface area contributed by atoms with Gasteiger partial charge in [0.25, 0.3) is 0 Å². The lowest BCUT2D eigenvalue weighted by molar-refractivity contribution is 0.0541. The summed E-state index contributed by atoms with van der Waals surface area (Å²) in [5.41, 5.74) is 2.46. The van der Waals surface area contributed by atoms with Crippen LogP contribution in [0.1, 0.15) is 45.6 Å². The second-order valence-electron chi connectivity index (χ2n) is 7.53. The fourth-order valence-corrected chi connectivity index (χ4v) is 4.81. The van der Waals surface area contributed by atoms with E-state index in [0.717, 1.165) is 18.5 Å². The fourth-order valence-electron chi connectivity index (χ4n) is 4.81. The van der Waals surface area contributed by atoms with E-state index in [0.29, 0.717) is 10.8 Å². The average Bonchev–Trinajstić information content (AvgIpc) is 2.72. The van der Waals surface area contributed by atoms with Gasteiger partial charge in [0.15, 0.2) is 0 Å². The Bertz CT molecular complexity index is 450. The lowest BCUT2D eigenvalue weighted by atomic mass is 9.69. The quantitative estimate of drug-likeness (QED) is 0.779. The Kier molecular flexibility index (Phi) is 3.01. The third kappa shape index (κ3) is 1.86. The molecule has 2 bridgehead atoms. The van der Waals surface area contributed by atoms with Crippen LogP contribution in [0.3, 0.4) is 0 Å². The van der Waals surface area contributed by atoms with Crippen LogP contribution in [0.25, 0.3) is 0 Å². The van der Waals surface area contributed by atoms with Crippen molar-refractivity contribution in [2.75, 3.05) is 7.05 Å². The van der Waals surface area contributed by atoms with Crippen LogP contribution in [0, 0.1) is 16.7 Å². The van der Waals surface area contributed by atoms with Crippen LogP contribution < -0.4 is 0 Å². The molecule has 0 aliphatic heterocycles. The minimum Gasteiger partial charge on any atom is -0.299 e. The van der Waals surface area contributed by atoms with Crippen molar-refractivity contribution in [2.45, 2.75) is 52.6 Å². The van der Waals surface area contributed by atoms with Crippen LogP contribution in [0.4, 0.5) is 0 Å². The topological polar surface area (TPSA) is 3.24 Å². The molecule has 3 rings (SSSR count). The fraction of sp³-hybridized carbons (Fsp3) is 0.667. The van der Waals surface area contributed by atoms with Crippen molar-refractivity contribution in [3.8, 4) is 0 Å². The maximum atomic E-state index is 2.61. The van der Waals surface area contributed by atoms with Crippen molar-refractivity contribution >= 4 is 0 Å². The third-order valence-electron chi connectivity index (χ3n) is 6.55. The molecule has 0 spiro atoms. The molecule has 0 radical (unpaired) electrons. The first-order valence-electron chi connectivity index (χ1n) is 7.69. The van der Waals surface area contributed by atoms with E-state index in [2.05, 4.69) is 63.1 Å². The van der Waals surface area contributed by atoms with Crippen LogP contribution in [0.15, 0.2) is 30.3 Å². The summed E-state index contributed by atoms with van der Waals surface area (Å²) in [6, 6.07) is 11.6. The highest BCUT2D eigenvalue weighted by molar-refractivity contribution is 5.17. The van der Waals surface area contributed by atoms with Crippen molar-refractivity contribution in [1.82, 2.24) is 4.90 Å². The molecule has 1 aromatic carbocycles. The molecule has 104 valence electrons. The van der Waals surface area contributed by atoms with Gasteiger partial charge in [-0.3, -0.25) is 4.90 Å². The number of rotatable bonds is 3. The third-order valence-corrected chi connectivity index (χ3v) is 6.55. The summed E-state index contributed by atoms with van der Waals surface area (Å²) in [5, 5.41) is 0. The smallest absolute Gasteiger partial charge is 0.0233 e. The van der Waals surface area contributed by atoms with Gasteiger partial charge in [-0.2, -0.15) is 0 Å². The van der Waals surface area contributed by atoms with Gasteiger partial charge in [0.05, 0.1) is 0 Å². The van der Waals surface area contributed by atoms with Gasteiger partial charge >= 0.3 is 0 Å². The van der Waals surface area contributed by atoms with Gasteiger partial charge in [-0.15, -0.1) is 0 Å². The van der Waals surface area contributed by atoms with Gasteiger partial charge in [-0.05, 0) is 48.6 Å². The molecule has 2 aliphatic rings. The van der Waals surface area contributed by atoms with Crippen LogP contribution in [-0.4, -0.2) is 18.0 Å². The molecule has 2 aliphatic carbocycles. The minimum absolute atomic E-state index is 0.501. The minimum atomic E-state index is 0.501. The first kappa shape index (κ1) is 13.2. The monoisotopic (exact) mass is 257 g/mol. The first-order valence-corrected chi connectivity index (χ1v) is 7.69. The zero-order chi connectivity index (χ0) is 13.7. The predicted molar refractivity (Wildman–Crippen MR) is 80.9 cm³/mol. The highest BCUT2D eigenvalue weighted by Gasteiger charge is 2.61. The van der Waals surface area contributed by atoms with Crippen LogP contribution in [-0.2, 0) is 6.54 Å². The molecule has 0 aromatic heterocycles. The molecule has 0 amide bonds. The van der Waals surface area contributed by atoms with Crippen LogP contribution >= 0.6 is 0 Å². The first-order chi connectivity index (χ1) is 8.95. The molecule has 3 unspecified atom stereocenters. The summed E-state index contributed by atoms with van der Waals surface area (Å²) >= 11 is 0. The maximum absolute atomic E-state index is 2.61. The Morgan fingerprint density at radius 2 is 1.84 bits per heavy atom. The lowest BCUT2D eigenvalue weighted by Crippen LogP contribution is -2.45. The van der Waals surface area contributed by atoms with Gasteiger partial charge in [0.1, 0.15) is 0 Å². The van der Waals surface area contributed by atoms with Gasteiger partial charge < -0.3 is 0 Å². The van der Waals surface area contributed by atoms with Gasteiger partial charge in [0, 0.05) is 12.6 Å². The van der Waals surface area contributed by atoms with Gasteiger partial charge in [-0.1, -0.05) is 51.1 Å². The van der Waals surface area contributed by atoms with Crippen LogP contribution in [0.2, 0.25) is 0 Å². The van der Waals surface area contributed by atoms with Crippen molar-refractivity contribution in [2.24, 2.45) is 16.7 Å². The highest BCUT2D eigenvalue weighted by atomic mass is 15.2. The molecule has 2 fully saturated rings. The van der Waals surface area contributed by atoms with Crippen molar-refractivity contribution in [1.29, 1.82) is 0 Å². The van der Waals surface area contributed by atoms with E-state index in [1.54, 1.807) is 0 Å². The second kappa shape index (κ2) is 4.34. The molecule has 19 heavy (non-hydrogen) atoms. The number of hydrogen-bond donors (Lipinski definition) is 0. The molecule has 2 saturated carbocycles. The standard InChI is InChI=1S/C18H27N/c1-17(2)15-10-11-18(17,3)16(12-15)19(4)13-14-8-6-5-7-9-14/h5-9,15-16H,10-13H2,1-4H3. The SMILES string of the molecule is CN(Cc1ccccc1)C1CC2CCC1(C)C2(C)C. The molecule has 1 nitrogen and oxygen atoms in total. The Hall–Kier alpha value is -0.820. The molecule has 1 heteroatoms. The lowest BCUT2D eigenvalue weighted by Gasteiger charge is -2.43. The van der Waals surface area contributed by atoms with E-state index >= 15 is 0 Å². The normalized spacial score (nSPS) is 36.1. The van der Waals surface area contributed by atoms with E-state index < -0.39 is 0 Å². The van der Waals surface area contributed by atoms with Crippen molar-refractivity contribution in [3.63, 3.8) is 0 Å². The highest BCUT2D eigenvalue weighted by Crippen LogP contribution is 2.66. The molecule has 0 heterocycles. The summed E-state index contributed by atoms with van der Waals surface area (Å²) in [4.78, 5) is 2.61. The zero-order valence-electron chi connectivity index (χ0n) is 12.8. The summed E-state index contributed by atoms with van der Waals surface area (Å²) in [6.45, 7) is 8.62. The number of hydrogen-bond acceptors (Lipinski definition) is 1. The molecule has 1 aromatic rings. The Morgan fingerprint density at radius 3 is 2.37 bits per heavy atom. The zero-order valence-corrected chi connectivity index (χ0v) is 12.8. The molecule has 0 N–H and O–H groups in total. The van der Waals surface area contributed by atoms with Gasteiger partial charge in [-0.25, -0.2) is 0 Å². The number of benzene rings is 1. The van der Waals surface area contributed by atoms with Crippen molar-refractivity contribution < 1.29 is 0 Å². The van der Waals surface area contributed by atoms with E-state index in [1.165, 1.54) is 24.8 Å². The van der Waals surface area contributed by atoms with Gasteiger partial charge in [0.2, 0.25) is 0 Å².